The molecule has 0 spiro atoms. The Morgan fingerprint density at radius 2 is 1.73 bits per heavy atom. The molecule has 1 atom stereocenters. The van der Waals surface area contributed by atoms with Gasteiger partial charge in [-0.3, -0.25) is 14.5 Å². The number of aliphatic hydroxyl groups is 1. The number of carbonyl (C=O) groups excluding carboxylic acids is 2. The summed E-state index contributed by atoms with van der Waals surface area (Å²) in [5, 5.41) is 11.5. The van der Waals surface area contributed by atoms with Crippen molar-refractivity contribution < 1.29 is 23.8 Å². The van der Waals surface area contributed by atoms with Crippen LogP contribution in [0.15, 0.2) is 72.3 Å². The van der Waals surface area contributed by atoms with Gasteiger partial charge in [0.1, 0.15) is 17.3 Å². The highest BCUT2D eigenvalue weighted by atomic mass is 35.5. The van der Waals surface area contributed by atoms with Gasteiger partial charge in [-0.05, 0) is 55.5 Å². The Kier molecular flexibility index (Phi) is 6.40. The first kappa shape index (κ1) is 22.8. The van der Waals surface area contributed by atoms with Crippen molar-refractivity contribution in [2.45, 2.75) is 13.0 Å². The standard InChI is InChI=1S/C25H18Cl2FNO4/c1-2-33-16-10-7-14(8-11-16)23(30)21-22(17-5-3-4-6-20(17)28)29(25(32)24(21)31)15-9-12-18(26)19(27)13-15/h3-13,22,30H,2H2,1H3/b23-21+. The Labute approximate surface area is 199 Å². The first-order valence-electron chi connectivity index (χ1n) is 10.1. The van der Waals surface area contributed by atoms with Crippen LogP contribution in [0.2, 0.25) is 10.0 Å². The zero-order valence-corrected chi connectivity index (χ0v) is 18.9. The summed E-state index contributed by atoms with van der Waals surface area (Å²) in [6.07, 6.45) is 0. The number of anilines is 1. The maximum Gasteiger partial charge on any atom is 0.300 e. The molecule has 8 heteroatoms. The van der Waals surface area contributed by atoms with Gasteiger partial charge in [-0.15, -0.1) is 0 Å². The summed E-state index contributed by atoms with van der Waals surface area (Å²) in [5.41, 5.74) is 0.341. The average Bonchev–Trinajstić information content (AvgIpc) is 3.07. The molecule has 0 radical (unpaired) electrons. The van der Waals surface area contributed by atoms with Gasteiger partial charge in [0.05, 0.1) is 28.3 Å². The van der Waals surface area contributed by atoms with Crippen molar-refractivity contribution in [2.24, 2.45) is 0 Å². The molecule has 1 fully saturated rings. The molecule has 4 rings (SSSR count). The molecule has 0 aromatic heterocycles. The van der Waals surface area contributed by atoms with Gasteiger partial charge in [-0.25, -0.2) is 4.39 Å². The number of ketones is 1. The van der Waals surface area contributed by atoms with E-state index in [1.54, 1.807) is 30.3 Å². The predicted molar refractivity (Wildman–Crippen MR) is 125 cm³/mol. The minimum Gasteiger partial charge on any atom is -0.507 e. The van der Waals surface area contributed by atoms with Crippen molar-refractivity contribution in [2.75, 3.05) is 11.5 Å². The fourth-order valence-electron chi connectivity index (χ4n) is 3.76. The monoisotopic (exact) mass is 485 g/mol. The molecule has 0 bridgehead atoms. The Balaban J connectivity index is 1.92. The van der Waals surface area contributed by atoms with Crippen LogP contribution in [0.3, 0.4) is 0 Å². The van der Waals surface area contributed by atoms with Crippen LogP contribution in [0, 0.1) is 5.82 Å². The number of ether oxygens (including phenoxy) is 1. The Morgan fingerprint density at radius 1 is 1.03 bits per heavy atom. The second-order valence-electron chi connectivity index (χ2n) is 7.25. The molecule has 1 aliphatic rings. The third kappa shape index (κ3) is 4.19. The summed E-state index contributed by atoms with van der Waals surface area (Å²) in [7, 11) is 0. The quantitative estimate of drug-likeness (QED) is 0.267. The van der Waals surface area contributed by atoms with E-state index in [4.69, 9.17) is 27.9 Å². The zero-order valence-electron chi connectivity index (χ0n) is 17.4. The van der Waals surface area contributed by atoms with E-state index >= 15 is 0 Å². The molecule has 168 valence electrons. The van der Waals surface area contributed by atoms with E-state index < -0.39 is 29.3 Å². The number of hydrogen-bond donors (Lipinski definition) is 1. The van der Waals surface area contributed by atoms with E-state index in [0.29, 0.717) is 12.4 Å². The molecule has 0 saturated carbocycles. The zero-order chi connectivity index (χ0) is 23.7. The van der Waals surface area contributed by atoms with Gasteiger partial charge < -0.3 is 9.84 Å². The smallest absolute Gasteiger partial charge is 0.300 e. The van der Waals surface area contributed by atoms with Crippen LogP contribution in [0.4, 0.5) is 10.1 Å². The number of nitrogens with zero attached hydrogens (tertiary/aromatic N) is 1. The van der Waals surface area contributed by atoms with Crippen molar-refractivity contribution in [3.05, 3.63) is 99.3 Å². The number of hydrogen-bond acceptors (Lipinski definition) is 4. The lowest BCUT2D eigenvalue weighted by Crippen LogP contribution is -2.29. The van der Waals surface area contributed by atoms with Gasteiger partial charge in [0, 0.05) is 16.8 Å². The Bertz CT molecular complexity index is 1270. The summed E-state index contributed by atoms with van der Waals surface area (Å²) >= 11 is 12.1. The third-order valence-electron chi connectivity index (χ3n) is 5.26. The molecule has 33 heavy (non-hydrogen) atoms. The number of aliphatic hydroxyl groups excluding tert-OH is 1. The van der Waals surface area contributed by atoms with E-state index in [2.05, 4.69) is 0 Å². The van der Waals surface area contributed by atoms with Crippen LogP contribution in [0.25, 0.3) is 5.76 Å². The first-order valence-corrected chi connectivity index (χ1v) is 10.8. The van der Waals surface area contributed by atoms with Gasteiger partial charge >= 0.3 is 0 Å². The molecule has 0 aliphatic carbocycles. The van der Waals surface area contributed by atoms with Crippen LogP contribution in [-0.2, 0) is 9.59 Å². The van der Waals surface area contributed by atoms with E-state index in [9.17, 15) is 19.1 Å². The predicted octanol–water partition coefficient (Wildman–Crippen LogP) is 6.16. The average molecular weight is 486 g/mol. The molecular formula is C25H18Cl2FNO4. The number of halogens is 3. The second-order valence-corrected chi connectivity index (χ2v) is 8.06. The highest BCUT2D eigenvalue weighted by Crippen LogP contribution is 2.44. The Hall–Kier alpha value is -3.35. The SMILES string of the molecule is CCOc1ccc(/C(O)=C2\C(=O)C(=O)N(c3ccc(Cl)c(Cl)c3)C2c2ccccc2F)cc1. The van der Waals surface area contributed by atoms with Crippen LogP contribution < -0.4 is 9.64 Å². The normalized spacial score (nSPS) is 17.5. The van der Waals surface area contributed by atoms with Gasteiger partial charge in [0.25, 0.3) is 11.7 Å². The summed E-state index contributed by atoms with van der Waals surface area (Å²) in [6, 6.07) is 15.3. The van der Waals surface area contributed by atoms with Gasteiger partial charge in [0.15, 0.2) is 0 Å². The minimum absolute atomic E-state index is 0.0512. The topological polar surface area (TPSA) is 66.8 Å². The van der Waals surface area contributed by atoms with Crippen molar-refractivity contribution in [3.8, 4) is 5.75 Å². The maximum atomic E-state index is 14.9. The summed E-state index contributed by atoms with van der Waals surface area (Å²) < 4.78 is 20.3. The summed E-state index contributed by atoms with van der Waals surface area (Å²) in [4.78, 5) is 27.3. The minimum atomic E-state index is -1.21. The van der Waals surface area contributed by atoms with Crippen molar-refractivity contribution in [1.29, 1.82) is 0 Å². The number of carbonyl (C=O) groups is 2. The van der Waals surface area contributed by atoms with Gasteiger partial charge in [0.2, 0.25) is 0 Å². The molecule has 5 nitrogen and oxygen atoms in total. The summed E-state index contributed by atoms with van der Waals surface area (Å²) in [6.45, 7) is 2.31. The lowest BCUT2D eigenvalue weighted by Gasteiger charge is -2.26. The van der Waals surface area contributed by atoms with Crippen LogP contribution >= 0.6 is 23.2 Å². The lowest BCUT2D eigenvalue weighted by atomic mass is 9.94. The number of benzene rings is 3. The molecule has 3 aromatic rings. The van der Waals surface area contributed by atoms with Crippen LogP contribution in [-0.4, -0.2) is 23.4 Å². The van der Waals surface area contributed by atoms with E-state index in [-0.39, 0.29) is 32.4 Å². The lowest BCUT2D eigenvalue weighted by molar-refractivity contribution is -0.132. The van der Waals surface area contributed by atoms with Crippen molar-refractivity contribution in [1.82, 2.24) is 0 Å². The Morgan fingerprint density at radius 3 is 2.36 bits per heavy atom. The van der Waals surface area contributed by atoms with Gasteiger partial charge in [-0.2, -0.15) is 0 Å². The first-order chi connectivity index (χ1) is 15.8. The molecule has 1 unspecified atom stereocenters. The van der Waals surface area contributed by atoms with Crippen molar-refractivity contribution >= 4 is 46.3 Å². The third-order valence-corrected chi connectivity index (χ3v) is 6.00. The molecule has 1 amide bonds. The molecule has 1 aliphatic heterocycles. The number of amides is 1. The number of rotatable bonds is 5. The largest absolute Gasteiger partial charge is 0.507 e. The van der Waals surface area contributed by atoms with E-state index in [0.717, 1.165) is 4.90 Å². The highest BCUT2D eigenvalue weighted by Gasteiger charge is 2.47. The fraction of sp³-hybridized carbons (Fsp3) is 0.120. The maximum absolute atomic E-state index is 14.9. The van der Waals surface area contributed by atoms with Gasteiger partial charge in [-0.1, -0.05) is 41.4 Å². The van der Waals surface area contributed by atoms with E-state index in [1.165, 1.54) is 36.4 Å². The van der Waals surface area contributed by atoms with Crippen LogP contribution in [0.1, 0.15) is 24.1 Å². The summed E-state index contributed by atoms with van der Waals surface area (Å²) in [5.74, 6) is -2.34. The van der Waals surface area contributed by atoms with E-state index in [1.807, 2.05) is 6.92 Å². The molecular weight excluding hydrogens is 468 g/mol. The fourth-order valence-corrected chi connectivity index (χ4v) is 4.05. The molecule has 1 saturated heterocycles. The highest BCUT2D eigenvalue weighted by molar-refractivity contribution is 6.52. The number of Topliss-reactive ketones (excluding diaryl/α,β-unsaturated/α-hetero) is 1. The molecule has 1 heterocycles. The molecule has 3 aromatic carbocycles. The van der Waals surface area contributed by atoms with Crippen LogP contribution in [0.5, 0.6) is 5.75 Å². The van der Waals surface area contributed by atoms with Crippen molar-refractivity contribution in [3.63, 3.8) is 0 Å². The molecule has 1 N–H and O–H groups in total. The second kappa shape index (κ2) is 9.25.